The van der Waals surface area contributed by atoms with Gasteiger partial charge >= 0.3 is 6.18 Å². The molecule has 1 aromatic heterocycles. The molecule has 8 rings (SSSR count). The molecule has 0 spiro atoms. The maximum absolute atomic E-state index is 14.3. The second-order valence-electron chi connectivity index (χ2n) is 23.7. The fourth-order valence-corrected chi connectivity index (χ4v) is 12.6. The molecule has 4 fully saturated rings. The number of rotatable bonds is 17. The van der Waals surface area contributed by atoms with Gasteiger partial charge in [0.15, 0.2) is 0 Å². The summed E-state index contributed by atoms with van der Waals surface area (Å²) in [4.78, 5) is 66.7. The number of carbonyl (C=O) groups excluding carboxylic acids is 4. The minimum absolute atomic E-state index is 0.000449. The molecular weight excluding hydrogens is 1010 g/mol. The molecule has 1 aliphatic carbocycles. The molecule has 4 aromatic rings. The van der Waals surface area contributed by atoms with E-state index in [0.717, 1.165) is 59.2 Å². The number of carbonyl (C=O) groups is 4. The highest BCUT2D eigenvalue weighted by Gasteiger charge is 2.64. The number of hydrogen-bond acceptors (Lipinski definition) is 13. The van der Waals surface area contributed by atoms with E-state index >= 15 is 0 Å². The number of likely N-dealkylation sites (tertiary alicyclic amines) is 1. The second-order valence-corrected chi connectivity index (χ2v) is 24.6. The molecule has 4 heterocycles. The summed E-state index contributed by atoms with van der Waals surface area (Å²) in [5, 5.41) is 32.7. The molecule has 3 aromatic carbocycles. The van der Waals surface area contributed by atoms with Gasteiger partial charge in [-0.05, 0) is 72.9 Å². The number of hydrogen-bond donors (Lipinski definition) is 5. The molecule has 414 valence electrons. The average molecular weight is 1080 g/mol. The van der Waals surface area contributed by atoms with Crippen molar-refractivity contribution in [3.8, 4) is 22.3 Å². The van der Waals surface area contributed by atoms with E-state index in [1.165, 1.54) is 11.0 Å². The highest BCUT2D eigenvalue weighted by molar-refractivity contribution is 7.13. The van der Waals surface area contributed by atoms with Crippen LogP contribution in [0, 0.1) is 39.9 Å². The van der Waals surface area contributed by atoms with E-state index < -0.39 is 63.7 Å². The number of anilines is 1. The molecule has 1 unspecified atom stereocenters. The molecule has 16 nitrogen and oxygen atoms in total. The Labute approximate surface area is 453 Å². The van der Waals surface area contributed by atoms with Gasteiger partial charge in [0.1, 0.15) is 23.9 Å². The number of halogens is 3. The zero-order valence-electron chi connectivity index (χ0n) is 45.3. The number of nitrogens with zero attached hydrogens (tertiary/aromatic N) is 5. The Hall–Kier alpha value is -6.11. The fourth-order valence-electron chi connectivity index (χ4n) is 11.8. The van der Waals surface area contributed by atoms with Crippen LogP contribution >= 0.6 is 11.3 Å². The van der Waals surface area contributed by atoms with Crippen molar-refractivity contribution in [1.29, 1.82) is 5.26 Å². The van der Waals surface area contributed by atoms with E-state index in [0.29, 0.717) is 38.4 Å². The van der Waals surface area contributed by atoms with Crippen molar-refractivity contribution in [2.45, 2.75) is 111 Å². The normalized spacial score (nSPS) is 22.8. The van der Waals surface area contributed by atoms with E-state index in [-0.39, 0.29) is 60.5 Å². The SMILES string of the molecule is Cc1ncsc1-c1ccc(C(C)NC(=O)[C@@H]2C[C@@H](O)CN2C(=O)[C@@H](NC(=O)CN2CCN(CC3(CNc4ccc(C(=O)NC5C(C)(C)C(Oc6ccc(C#N)c(C(F)(F)F)c6)C5(C)C)cc4)COC3)CC2)C(C)(C)C)cc1. The first-order valence-corrected chi connectivity index (χ1v) is 27.1. The Morgan fingerprint density at radius 1 is 0.935 bits per heavy atom. The lowest BCUT2D eigenvalue weighted by molar-refractivity contribution is -0.164. The Morgan fingerprint density at radius 2 is 1.58 bits per heavy atom. The number of nitriles is 1. The molecule has 5 N–H and O–H groups in total. The van der Waals surface area contributed by atoms with Crippen LogP contribution in [0.3, 0.4) is 0 Å². The highest BCUT2D eigenvalue weighted by Crippen LogP contribution is 2.56. The summed E-state index contributed by atoms with van der Waals surface area (Å²) < 4.78 is 52.9. The van der Waals surface area contributed by atoms with Gasteiger partial charge in [0.25, 0.3) is 5.91 Å². The van der Waals surface area contributed by atoms with E-state index in [1.54, 1.807) is 29.5 Å². The van der Waals surface area contributed by atoms with Gasteiger partial charge in [0, 0.05) is 85.8 Å². The Kier molecular flexibility index (Phi) is 16.5. The number of amides is 4. The van der Waals surface area contributed by atoms with Crippen molar-refractivity contribution in [1.82, 2.24) is 35.6 Å². The summed E-state index contributed by atoms with van der Waals surface area (Å²) in [5.74, 6) is -1.35. The third-order valence-corrected chi connectivity index (χ3v) is 16.8. The lowest BCUT2D eigenvalue weighted by Gasteiger charge is -2.63. The van der Waals surface area contributed by atoms with Crippen molar-refractivity contribution in [2.24, 2.45) is 21.7 Å². The number of aliphatic hydroxyl groups is 1. The summed E-state index contributed by atoms with van der Waals surface area (Å²) in [5.41, 5.74) is 2.33. The average Bonchev–Trinajstić information content (AvgIpc) is 4.09. The molecule has 3 aliphatic heterocycles. The smallest absolute Gasteiger partial charge is 0.417 e. The molecular formula is C57H72F3N9O7S. The zero-order chi connectivity index (χ0) is 55.8. The maximum atomic E-state index is 14.3. The molecule has 0 radical (unpaired) electrons. The molecule has 4 atom stereocenters. The van der Waals surface area contributed by atoms with Crippen LogP contribution in [-0.2, 0) is 25.3 Å². The first-order valence-electron chi connectivity index (χ1n) is 26.2. The van der Waals surface area contributed by atoms with E-state index in [1.807, 2.05) is 104 Å². The fraction of sp³-hybridized carbons (Fsp3) is 0.544. The first-order chi connectivity index (χ1) is 36.2. The van der Waals surface area contributed by atoms with E-state index in [4.69, 9.17) is 9.47 Å². The molecule has 77 heavy (non-hydrogen) atoms. The van der Waals surface area contributed by atoms with Gasteiger partial charge in [0.2, 0.25) is 17.7 Å². The number of ether oxygens (including phenoxy) is 2. The number of β-amino-alcohol motifs (C(OH)–C–C–N with tert-alkyl or cyclic N) is 1. The highest BCUT2D eigenvalue weighted by atomic mass is 32.1. The van der Waals surface area contributed by atoms with Crippen molar-refractivity contribution < 1.29 is 46.9 Å². The van der Waals surface area contributed by atoms with Gasteiger partial charge in [-0.3, -0.25) is 29.0 Å². The van der Waals surface area contributed by atoms with Crippen molar-refractivity contribution in [2.75, 3.05) is 70.9 Å². The van der Waals surface area contributed by atoms with Gasteiger partial charge in [-0.2, -0.15) is 18.4 Å². The number of aryl methyl sites for hydroxylation is 1. The van der Waals surface area contributed by atoms with Gasteiger partial charge in [0.05, 0.1) is 65.2 Å². The summed E-state index contributed by atoms with van der Waals surface area (Å²) >= 11 is 1.57. The standard InChI is InChI=1S/C57H72F3N9O7S/c1-34(36-10-12-37(13-11-36)46-35(2)63-33-77-46)64-49(73)44-24-41(70)27-69(44)50(74)47(53(3,4)5)65-45(71)28-67-20-22-68(23-21-67)30-56(31-75-32-56)29-62-40-17-14-38(15-18-40)48(72)66-51-54(6,7)52(55(51,8)9)76-42-19-16-39(26-61)43(25-42)57(58,59)60/h10-19,25,33-34,41,44,47,51-52,62,70H,20-24,27-32H2,1-9H3,(H,64,73)(H,65,71)(H,66,72)/t34?,41-,44+,47-,51?,52?/m1/s1. The summed E-state index contributed by atoms with van der Waals surface area (Å²) in [6.45, 7) is 22.5. The molecule has 3 saturated heterocycles. The predicted octanol–water partition coefficient (Wildman–Crippen LogP) is 7.04. The van der Waals surface area contributed by atoms with Crippen LogP contribution in [0.2, 0.25) is 0 Å². The minimum Gasteiger partial charge on any atom is -0.489 e. The van der Waals surface area contributed by atoms with Crippen LogP contribution in [0.4, 0.5) is 18.9 Å². The number of alkyl halides is 3. The van der Waals surface area contributed by atoms with Gasteiger partial charge in [-0.25, -0.2) is 4.98 Å². The first kappa shape index (κ1) is 57.1. The number of aromatic nitrogens is 1. The quantitative estimate of drug-likeness (QED) is 0.0724. The molecule has 4 amide bonds. The molecule has 4 aliphatic rings. The van der Waals surface area contributed by atoms with Gasteiger partial charge in [-0.1, -0.05) is 72.7 Å². The van der Waals surface area contributed by atoms with Crippen molar-refractivity contribution in [3.63, 3.8) is 0 Å². The van der Waals surface area contributed by atoms with Crippen LogP contribution < -0.4 is 26.0 Å². The minimum atomic E-state index is -4.72. The Bertz CT molecular complexity index is 2820. The Morgan fingerprint density at radius 3 is 2.16 bits per heavy atom. The van der Waals surface area contributed by atoms with Crippen LogP contribution in [0.25, 0.3) is 10.4 Å². The molecule has 0 bridgehead atoms. The van der Waals surface area contributed by atoms with Gasteiger partial charge < -0.3 is 40.7 Å². The molecule has 1 saturated carbocycles. The lowest BCUT2D eigenvalue weighted by Crippen LogP contribution is -2.74. The largest absolute Gasteiger partial charge is 0.489 e. The lowest BCUT2D eigenvalue weighted by atomic mass is 9.49. The van der Waals surface area contributed by atoms with Crippen LogP contribution in [0.15, 0.2) is 72.2 Å². The van der Waals surface area contributed by atoms with Gasteiger partial charge in [-0.15, -0.1) is 11.3 Å². The Balaban J connectivity index is 0.784. The number of benzene rings is 3. The van der Waals surface area contributed by atoms with E-state index in [9.17, 15) is 42.7 Å². The van der Waals surface area contributed by atoms with Crippen molar-refractivity contribution in [3.05, 3.63) is 100 Å². The third kappa shape index (κ3) is 12.6. The number of piperazine rings is 1. The van der Waals surface area contributed by atoms with Crippen LogP contribution in [0.1, 0.15) is 101 Å². The van der Waals surface area contributed by atoms with Crippen LogP contribution in [-0.4, -0.2) is 144 Å². The predicted molar refractivity (Wildman–Crippen MR) is 287 cm³/mol. The number of nitrogens with one attached hydrogen (secondary N) is 4. The van der Waals surface area contributed by atoms with E-state index in [2.05, 4.69) is 36.1 Å². The topological polar surface area (TPSA) is 201 Å². The summed E-state index contributed by atoms with van der Waals surface area (Å²) in [7, 11) is 0. The summed E-state index contributed by atoms with van der Waals surface area (Å²) in [6, 6.07) is 17.5. The maximum Gasteiger partial charge on any atom is 0.417 e. The zero-order valence-corrected chi connectivity index (χ0v) is 46.2. The number of aliphatic hydroxyl groups excluding tert-OH is 1. The monoisotopic (exact) mass is 1080 g/mol. The van der Waals surface area contributed by atoms with Crippen molar-refractivity contribution >= 4 is 40.7 Å². The van der Waals surface area contributed by atoms with Crippen LogP contribution in [0.5, 0.6) is 5.75 Å². The number of thiazole rings is 1. The second kappa shape index (κ2) is 22.3. The molecule has 20 heteroatoms. The summed E-state index contributed by atoms with van der Waals surface area (Å²) in [6.07, 6.45) is -6.05. The third-order valence-electron chi connectivity index (χ3n) is 15.9.